The number of nitrogens with zero attached hydrogens (tertiary/aromatic N) is 4. The Morgan fingerprint density at radius 3 is 1.58 bits per heavy atom. The average Bonchev–Trinajstić information content (AvgIpc) is 3.75. The summed E-state index contributed by atoms with van der Waals surface area (Å²) >= 11 is 0. The van der Waals surface area contributed by atoms with Crippen LogP contribution in [-0.2, 0) is 12.8 Å². The van der Waals surface area contributed by atoms with E-state index in [1.807, 2.05) is 12.1 Å². The summed E-state index contributed by atoms with van der Waals surface area (Å²) < 4.78 is 8.70. The van der Waals surface area contributed by atoms with Gasteiger partial charge in [-0.1, -0.05) is 112 Å². The van der Waals surface area contributed by atoms with E-state index >= 15 is 0 Å². The van der Waals surface area contributed by atoms with Gasteiger partial charge in [0.2, 0.25) is 0 Å². The second-order valence-corrected chi connectivity index (χ2v) is 13.7. The number of rotatable bonds is 10. The Labute approximate surface area is 303 Å². The third kappa shape index (κ3) is 5.72. The van der Waals surface area contributed by atoms with Crippen LogP contribution in [0, 0.1) is 0 Å². The molecule has 0 aliphatic carbocycles. The lowest BCUT2D eigenvalue weighted by molar-refractivity contribution is 0.669. The highest BCUT2D eigenvalue weighted by Crippen LogP contribution is 2.41. The van der Waals surface area contributed by atoms with Crippen molar-refractivity contribution in [2.24, 2.45) is 0 Å². The summed E-state index contributed by atoms with van der Waals surface area (Å²) in [5, 5.41) is 4.65. The summed E-state index contributed by atoms with van der Waals surface area (Å²) in [6, 6.07) is 47.2. The van der Waals surface area contributed by atoms with Crippen molar-refractivity contribution in [1.29, 1.82) is 0 Å². The number of para-hydroxylation sites is 2. The fourth-order valence-corrected chi connectivity index (χ4v) is 7.46. The van der Waals surface area contributed by atoms with Crippen LogP contribution in [0.1, 0.15) is 50.7 Å². The van der Waals surface area contributed by atoms with Crippen LogP contribution < -0.4 is 0 Å². The molecule has 0 unspecified atom stereocenters. The van der Waals surface area contributed by atoms with Crippen LogP contribution in [0.15, 0.2) is 138 Å². The van der Waals surface area contributed by atoms with E-state index in [9.17, 15) is 0 Å². The van der Waals surface area contributed by atoms with Gasteiger partial charge in [0.1, 0.15) is 11.2 Å². The first kappa shape index (κ1) is 31.9. The molecule has 0 N–H and O–H groups in total. The molecule has 0 spiro atoms. The molecule has 0 aliphatic heterocycles. The van der Waals surface area contributed by atoms with Crippen molar-refractivity contribution in [3.63, 3.8) is 0 Å². The standard InChI is InChI=1S/C47H40N4O/c1-3-5-11-31-17-21-33(22-18-31)45-48-46(34-23-19-32(20-24-34)12-6-4-2)50-47(49-45)35-25-27-36(28-26-35)51-40-15-9-7-13-37(40)38-29-30-42-43(44(38)51)39-14-8-10-16-41(39)52-42/h7-10,13-30H,3-6,11-12H2,1-2H3. The second kappa shape index (κ2) is 13.6. The zero-order chi connectivity index (χ0) is 35.0. The Balaban J connectivity index is 1.17. The van der Waals surface area contributed by atoms with E-state index < -0.39 is 0 Å². The van der Waals surface area contributed by atoms with Gasteiger partial charge in [0.25, 0.3) is 0 Å². The molecule has 0 atom stereocenters. The van der Waals surface area contributed by atoms with Crippen LogP contribution in [0.25, 0.3) is 83.6 Å². The third-order valence-corrected chi connectivity index (χ3v) is 10.3. The van der Waals surface area contributed by atoms with Gasteiger partial charge in [0.05, 0.1) is 16.4 Å². The highest BCUT2D eigenvalue weighted by molar-refractivity contribution is 6.24. The van der Waals surface area contributed by atoms with E-state index in [1.54, 1.807) is 0 Å². The second-order valence-electron chi connectivity index (χ2n) is 13.7. The summed E-state index contributed by atoms with van der Waals surface area (Å²) in [5.41, 5.74) is 10.7. The molecule has 0 radical (unpaired) electrons. The van der Waals surface area contributed by atoms with Gasteiger partial charge in [-0.2, -0.15) is 0 Å². The van der Waals surface area contributed by atoms with Crippen molar-refractivity contribution in [3.8, 4) is 39.9 Å². The summed E-state index contributed by atoms with van der Waals surface area (Å²) in [7, 11) is 0. The van der Waals surface area contributed by atoms with Crippen molar-refractivity contribution in [3.05, 3.63) is 145 Å². The minimum Gasteiger partial charge on any atom is -0.456 e. The number of hydrogen-bond acceptors (Lipinski definition) is 4. The minimum atomic E-state index is 0.655. The van der Waals surface area contributed by atoms with E-state index in [0.29, 0.717) is 17.5 Å². The van der Waals surface area contributed by atoms with Gasteiger partial charge in [0.15, 0.2) is 17.5 Å². The van der Waals surface area contributed by atoms with Crippen LogP contribution in [0.3, 0.4) is 0 Å². The van der Waals surface area contributed by atoms with Crippen LogP contribution in [-0.4, -0.2) is 19.5 Å². The first-order valence-corrected chi connectivity index (χ1v) is 18.6. The highest BCUT2D eigenvalue weighted by atomic mass is 16.3. The molecule has 254 valence electrons. The van der Waals surface area contributed by atoms with Gasteiger partial charge in [0, 0.05) is 38.5 Å². The van der Waals surface area contributed by atoms with Crippen LogP contribution in [0.5, 0.6) is 0 Å². The maximum atomic E-state index is 6.33. The Hall–Kier alpha value is -6.07. The molecule has 0 amide bonds. The third-order valence-electron chi connectivity index (χ3n) is 10.3. The van der Waals surface area contributed by atoms with Crippen molar-refractivity contribution in [2.45, 2.75) is 52.4 Å². The first-order chi connectivity index (χ1) is 25.7. The van der Waals surface area contributed by atoms with Crippen molar-refractivity contribution >= 4 is 43.7 Å². The summed E-state index contributed by atoms with van der Waals surface area (Å²) in [6.07, 6.45) is 6.88. The molecule has 3 heterocycles. The molecule has 0 bridgehead atoms. The van der Waals surface area contributed by atoms with Crippen LogP contribution in [0.2, 0.25) is 0 Å². The Bertz CT molecular complexity index is 2610. The fourth-order valence-electron chi connectivity index (χ4n) is 7.46. The summed E-state index contributed by atoms with van der Waals surface area (Å²) in [4.78, 5) is 15.2. The topological polar surface area (TPSA) is 56.7 Å². The predicted octanol–water partition coefficient (Wildman–Crippen LogP) is 12.6. The predicted molar refractivity (Wildman–Crippen MR) is 215 cm³/mol. The molecule has 5 heteroatoms. The molecule has 0 saturated heterocycles. The SMILES string of the molecule is CCCCc1ccc(-c2nc(-c3ccc(CCCC)cc3)nc(-c3ccc(-n4c5ccccc5c5ccc6oc7ccccc7c6c54)cc3)n2)cc1. The number of aryl methyl sites for hydroxylation is 2. The average molecular weight is 677 g/mol. The number of unbranched alkanes of at least 4 members (excludes halogenated alkanes) is 2. The number of aromatic nitrogens is 4. The van der Waals surface area contributed by atoms with Gasteiger partial charge >= 0.3 is 0 Å². The number of fused-ring (bicyclic) bond motifs is 7. The number of furan rings is 1. The van der Waals surface area contributed by atoms with Crippen molar-refractivity contribution in [1.82, 2.24) is 19.5 Å². The molecule has 9 aromatic rings. The normalized spacial score (nSPS) is 11.7. The largest absolute Gasteiger partial charge is 0.456 e. The van der Waals surface area contributed by atoms with E-state index in [1.165, 1.54) is 47.6 Å². The fraction of sp³-hybridized carbons (Fsp3) is 0.170. The van der Waals surface area contributed by atoms with E-state index in [-0.39, 0.29) is 0 Å². The molecule has 3 aromatic heterocycles. The maximum absolute atomic E-state index is 6.33. The molecular formula is C47H40N4O. The summed E-state index contributed by atoms with van der Waals surface area (Å²) in [5.74, 6) is 2.01. The molecule has 52 heavy (non-hydrogen) atoms. The highest BCUT2D eigenvalue weighted by Gasteiger charge is 2.19. The van der Waals surface area contributed by atoms with E-state index in [2.05, 4.69) is 140 Å². The van der Waals surface area contributed by atoms with Gasteiger partial charge in [-0.3, -0.25) is 0 Å². The minimum absolute atomic E-state index is 0.655. The molecule has 9 rings (SSSR count). The summed E-state index contributed by atoms with van der Waals surface area (Å²) in [6.45, 7) is 4.46. The van der Waals surface area contributed by atoms with E-state index in [0.717, 1.165) is 68.2 Å². The Kier molecular flexibility index (Phi) is 8.32. The maximum Gasteiger partial charge on any atom is 0.164 e. The van der Waals surface area contributed by atoms with Crippen LogP contribution in [0.4, 0.5) is 0 Å². The quantitative estimate of drug-likeness (QED) is 0.145. The lowest BCUT2D eigenvalue weighted by Gasteiger charge is -2.11. The van der Waals surface area contributed by atoms with Gasteiger partial charge in [-0.15, -0.1) is 0 Å². The molecule has 0 fully saturated rings. The van der Waals surface area contributed by atoms with Crippen molar-refractivity contribution in [2.75, 3.05) is 0 Å². The zero-order valence-electron chi connectivity index (χ0n) is 29.6. The van der Waals surface area contributed by atoms with Crippen molar-refractivity contribution < 1.29 is 4.42 Å². The van der Waals surface area contributed by atoms with Crippen LogP contribution >= 0.6 is 0 Å². The zero-order valence-corrected chi connectivity index (χ0v) is 29.6. The van der Waals surface area contributed by atoms with E-state index in [4.69, 9.17) is 19.4 Å². The lowest BCUT2D eigenvalue weighted by Crippen LogP contribution is -2.01. The molecular weight excluding hydrogens is 637 g/mol. The number of benzene rings is 6. The molecule has 5 nitrogen and oxygen atoms in total. The number of hydrogen-bond donors (Lipinski definition) is 0. The molecule has 0 aliphatic rings. The smallest absolute Gasteiger partial charge is 0.164 e. The first-order valence-electron chi connectivity index (χ1n) is 18.6. The Morgan fingerprint density at radius 1 is 0.481 bits per heavy atom. The van der Waals surface area contributed by atoms with Gasteiger partial charge < -0.3 is 8.98 Å². The Morgan fingerprint density at radius 2 is 1.00 bits per heavy atom. The molecule has 6 aromatic carbocycles. The monoisotopic (exact) mass is 676 g/mol. The van der Waals surface area contributed by atoms with Gasteiger partial charge in [-0.05, 0) is 85.3 Å². The lowest BCUT2D eigenvalue weighted by atomic mass is 10.1. The molecule has 0 saturated carbocycles. The van der Waals surface area contributed by atoms with Gasteiger partial charge in [-0.25, -0.2) is 15.0 Å².